The van der Waals surface area contributed by atoms with Gasteiger partial charge >= 0.3 is 5.97 Å². The van der Waals surface area contributed by atoms with Gasteiger partial charge in [0, 0.05) is 11.4 Å². The number of hydrogen-bond donors (Lipinski definition) is 1. The van der Waals surface area contributed by atoms with Gasteiger partial charge < -0.3 is 10.1 Å². The number of para-hydroxylation sites is 1. The number of aryl methyl sites for hydroxylation is 1. The topological polar surface area (TPSA) is 120 Å². The zero-order valence-electron chi connectivity index (χ0n) is 21.7. The third kappa shape index (κ3) is 7.33. The van der Waals surface area contributed by atoms with Crippen LogP contribution in [0.2, 0.25) is 0 Å². The van der Waals surface area contributed by atoms with Crippen molar-refractivity contribution in [2.75, 3.05) is 11.1 Å². The lowest BCUT2D eigenvalue weighted by Gasteiger charge is -2.11. The van der Waals surface area contributed by atoms with Crippen LogP contribution in [-0.4, -0.2) is 46.9 Å². The van der Waals surface area contributed by atoms with Crippen LogP contribution in [0.5, 0.6) is 0 Å². The second kappa shape index (κ2) is 12.3. The van der Waals surface area contributed by atoms with Crippen molar-refractivity contribution in [3.05, 3.63) is 95.8 Å². The summed E-state index contributed by atoms with van der Waals surface area (Å²) in [6.45, 7) is 5.43. The second-order valence-electron chi connectivity index (χ2n) is 9.01. The molecule has 0 saturated carbocycles. The first-order valence-electron chi connectivity index (χ1n) is 12.2. The number of carbonyl (C=O) groups excluding carboxylic acids is 2. The minimum absolute atomic E-state index is 0.00677. The first kappa shape index (κ1) is 28.1. The van der Waals surface area contributed by atoms with Gasteiger partial charge in [0.25, 0.3) is 0 Å². The van der Waals surface area contributed by atoms with Crippen LogP contribution in [0.25, 0.3) is 5.69 Å². The molecule has 3 aromatic carbocycles. The van der Waals surface area contributed by atoms with E-state index in [0.717, 1.165) is 17.3 Å². The Hall–Kier alpha value is -3.96. The lowest BCUT2D eigenvalue weighted by Crippen LogP contribution is -2.15. The maximum atomic E-state index is 13.1. The molecule has 9 nitrogen and oxygen atoms in total. The minimum atomic E-state index is -3.68. The van der Waals surface area contributed by atoms with Crippen molar-refractivity contribution >= 4 is 39.2 Å². The van der Waals surface area contributed by atoms with E-state index in [9.17, 15) is 18.0 Å². The predicted molar refractivity (Wildman–Crippen MR) is 150 cm³/mol. The summed E-state index contributed by atoms with van der Waals surface area (Å²) >= 11 is 1.14. The van der Waals surface area contributed by atoms with Crippen LogP contribution in [-0.2, 0) is 25.1 Å². The summed E-state index contributed by atoms with van der Waals surface area (Å²) in [5.41, 5.74) is 2.56. The molecule has 4 aromatic rings. The molecule has 1 amide bonds. The van der Waals surface area contributed by atoms with Crippen LogP contribution < -0.4 is 5.32 Å². The zero-order chi connectivity index (χ0) is 28.0. The Labute approximate surface area is 231 Å². The maximum Gasteiger partial charge on any atom is 0.338 e. The molecule has 0 bridgehead atoms. The van der Waals surface area contributed by atoms with Crippen LogP contribution in [0.15, 0.2) is 88.9 Å². The van der Waals surface area contributed by atoms with Gasteiger partial charge in [-0.05, 0) is 69.3 Å². The number of nitrogens with one attached hydrogen (secondary N) is 1. The summed E-state index contributed by atoms with van der Waals surface area (Å²) in [5.74, 6) is -0.829. The summed E-state index contributed by atoms with van der Waals surface area (Å²) in [6.07, 6.45) is -0.227. The van der Waals surface area contributed by atoms with E-state index < -0.39 is 15.8 Å². The molecule has 0 radical (unpaired) electrons. The summed E-state index contributed by atoms with van der Waals surface area (Å²) < 4.78 is 33.0. The van der Waals surface area contributed by atoms with E-state index in [1.165, 1.54) is 0 Å². The Morgan fingerprint density at radius 1 is 0.949 bits per heavy atom. The Morgan fingerprint density at radius 2 is 1.62 bits per heavy atom. The molecule has 0 spiro atoms. The molecule has 11 heteroatoms. The van der Waals surface area contributed by atoms with Crippen molar-refractivity contribution in [3.63, 3.8) is 0 Å². The van der Waals surface area contributed by atoms with Crippen LogP contribution >= 0.6 is 11.8 Å². The van der Waals surface area contributed by atoms with Gasteiger partial charge in [-0.1, -0.05) is 47.7 Å². The third-order valence-electron chi connectivity index (χ3n) is 5.49. The largest absolute Gasteiger partial charge is 0.459 e. The fraction of sp³-hybridized carbons (Fsp3) is 0.214. The monoisotopic (exact) mass is 564 g/mol. The number of amides is 1. The first-order valence-corrected chi connectivity index (χ1v) is 14.8. The van der Waals surface area contributed by atoms with Crippen molar-refractivity contribution in [3.8, 4) is 5.69 Å². The third-order valence-corrected chi connectivity index (χ3v) is 8.05. The number of esters is 1. The van der Waals surface area contributed by atoms with Gasteiger partial charge in [0.05, 0.1) is 22.3 Å². The molecule has 0 unspecified atom stereocenters. The van der Waals surface area contributed by atoms with Crippen molar-refractivity contribution in [2.24, 2.45) is 0 Å². The minimum Gasteiger partial charge on any atom is -0.459 e. The lowest BCUT2D eigenvalue weighted by atomic mass is 10.2. The fourth-order valence-corrected chi connectivity index (χ4v) is 5.64. The highest BCUT2D eigenvalue weighted by Gasteiger charge is 2.23. The van der Waals surface area contributed by atoms with E-state index in [0.29, 0.717) is 22.1 Å². The zero-order valence-corrected chi connectivity index (χ0v) is 23.3. The fourth-order valence-electron chi connectivity index (χ4n) is 3.62. The highest BCUT2D eigenvalue weighted by Crippen LogP contribution is 2.25. The molecular formula is C28H28N4O5S2. The molecule has 0 aliphatic carbocycles. The molecule has 0 atom stereocenters. The van der Waals surface area contributed by atoms with Crippen molar-refractivity contribution in [1.82, 2.24) is 14.8 Å². The molecule has 0 fully saturated rings. The van der Waals surface area contributed by atoms with Crippen LogP contribution in [0.4, 0.5) is 5.69 Å². The van der Waals surface area contributed by atoms with Gasteiger partial charge in [0.1, 0.15) is 5.75 Å². The van der Waals surface area contributed by atoms with E-state index >= 15 is 0 Å². The Bertz CT molecular complexity index is 1550. The molecule has 1 N–H and O–H groups in total. The summed E-state index contributed by atoms with van der Waals surface area (Å²) in [5, 5.41) is 11.5. The SMILES string of the molecule is Cc1ccc(S(=O)(=O)Cc2nnc(SCC(=O)Nc3ccc(C(=O)OC(C)C)cc3)n2-c2ccccc2)cc1. The number of carbonyl (C=O) groups is 2. The number of sulfone groups is 1. The number of aromatic nitrogens is 3. The number of benzene rings is 3. The van der Waals surface area contributed by atoms with Crippen LogP contribution in [0.3, 0.4) is 0 Å². The second-order valence-corrected chi connectivity index (χ2v) is 11.9. The van der Waals surface area contributed by atoms with Crippen molar-refractivity contribution in [2.45, 2.75) is 42.7 Å². The molecule has 0 aliphatic heterocycles. The number of nitrogens with zero attached hydrogens (tertiary/aromatic N) is 3. The van der Waals surface area contributed by atoms with E-state index in [-0.39, 0.29) is 34.2 Å². The molecular weight excluding hydrogens is 536 g/mol. The van der Waals surface area contributed by atoms with Gasteiger partial charge in [0.15, 0.2) is 20.8 Å². The molecule has 4 rings (SSSR count). The highest BCUT2D eigenvalue weighted by molar-refractivity contribution is 7.99. The molecule has 1 heterocycles. The van der Waals surface area contributed by atoms with Crippen molar-refractivity contribution in [1.29, 1.82) is 0 Å². The Balaban J connectivity index is 1.48. The molecule has 0 aliphatic rings. The van der Waals surface area contributed by atoms with Crippen molar-refractivity contribution < 1.29 is 22.7 Å². The quantitative estimate of drug-likeness (QED) is 0.215. The molecule has 202 valence electrons. The number of thioether (sulfide) groups is 1. The maximum absolute atomic E-state index is 13.1. The average molecular weight is 565 g/mol. The van der Waals surface area contributed by atoms with Gasteiger partial charge in [-0.25, -0.2) is 13.2 Å². The van der Waals surface area contributed by atoms with Gasteiger partial charge in [-0.2, -0.15) is 0 Å². The number of anilines is 1. The molecule has 0 saturated heterocycles. The summed E-state index contributed by atoms with van der Waals surface area (Å²) in [4.78, 5) is 24.9. The van der Waals surface area contributed by atoms with E-state index in [1.807, 2.05) is 37.3 Å². The van der Waals surface area contributed by atoms with E-state index in [1.54, 1.807) is 66.9 Å². The molecule has 39 heavy (non-hydrogen) atoms. The number of hydrogen-bond acceptors (Lipinski definition) is 8. The average Bonchev–Trinajstić information content (AvgIpc) is 3.29. The Kier molecular flexibility index (Phi) is 8.82. The van der Waals surface area contributed by atoms with Crippen LogP contribution in [0.1, 0.15) is 35.6 Å². The lowest BCUT2D eigenvalue weighted by molar-refractivity contribution is -0.113. The molecule has 1 aromatic heterocycles. The van der Waals surface area contributed by atoms with Gasteiger partial charge in [-0.3, -0.25) is 9.36 Å². The standard InChI is InChI=1S/C28H28N4O5S2/c1-19(2)37-27(34)21-11-13-22(14-12-21)29-26(33)17-38-28-31-30-25(32(28)23-7-5-4-6-8-23)18-39(35,36)24-15-9-20(3)10-16-24/h4-16,19H,17-18H2,1-3H3,(H,29,33). The smallest absolute Gasteiger partial charge is 0.338 e. The van der Waals surface area contributed by atoms with Gasteiger partial charge in [-0.15, -0.1) is 10.2 Å². The summed E-state index contributed by atoms with van der Waals surface area (Å²) in [7, 11) is -3.68. The predicted octanol–water partition coefficient (Wildman–Crippen LogP) is 4.85. The number of rotatable bonds is 10. The van der Waals surface area contributed by atoms with Gasteiger partial charge in [0.2, 0.25) is 5.91 Å². The normalized spacial score (nSPS) is 11.4. The van der Waals surface area contributed by atoms with E-state index in [4.69, 9.17) is 4.74 Å². The van der Waals surface area contributed by atoms with E-state index in [2.05, 4.69) is 15.5 Å². The summed E-state index contributed by atoms with van der Waals surface area (Å²) in [6, 6.07) is 22.2. The Morgan fingerprint density at radius 3 is 2.26 bits per heavy atom. The first-order chi connectivity index (χ1) is 18.6. The highest BCUT2D eigenvalue weighted by atomic mass is 32.2. The number of ether oxygens (including phenoxy) is 1. The van der Waals surface area contributed by atoms with Crippen LogP contribution in [0, 0.1) is 6.92 Å².